The van der Waals surface area contributed by atoms with E-state index in [0.29, 0.717) is 36.9 Å². The predicted molar refractivity (Wildman–Crippen MR) is 116 cm³/mol. The van der Waals surface area contributed by atoms with Crippen molar-refractivity contribution < 1.29 is 19.1 Å². The van der Waals surface area contributed by atoms with Crippen LogP contribution < -0.4 is 10.2 Å². The van der Waals surface area contributed by atoms with Crippen molar-refractivity contribution in [3.05, 3.63) is 22.7 Å². The van der Waals surface area contributed by atoms with Crippen molar-refractivity contribution in [2.24, 2.45) is 0 Å². The number of halogens is 1. The number of amides is 2. The van der Waals surface area contributed by atoms with Crippen LogP contribution in [0.4, 0.5) is 21.0 Å². The quantitative estimate of drug-likeness (QED) is 0.717. The lowest BCUT2D eigenvalue weighted by Crippen LogP contribution is -2.50. The molecule has 7 nitrogen and oxygen atoms in total. The van der Waals surface area contributed by atoms with Crippen LogP contribution in [0.25, 0.3) is 0 Å². The van der Waals surface area contributed by atoms with Gasteiger partial charge in [0.05, 0.1) is 10.7 Å². The summed E-state index contributed by atoms with van der Waals surface area (Å²) in [6, 6.07) is 3.68. The molecule has 1 aliphatic heterocycles. The van der Waals surface area contributed by atoms with Crippen LogP contribution in [0.15, 0.2) is 12.1 Å². The van der Waals surface area contributed by atoms with E-state index in [1.165, 1.54) is 0 Å². The Morgan fingerprint density at radius 2 is 1.52 bits per heavy atom. The molecule has 2 rings (SSSR count). The Hall–Kier alpha value is -2.15. The third-order valence-corrected chi connectivity index (χ3v) is 4.51. The maximum absolute atomic E-state index is 12.3. The molecule has 0 unspecified atom stereocenters. The van der Waals surface area contributed by atoms with Gasteiger partial charge in [-0.2, -0.15) is 0 Å². The maximum Gasteiger partial charge on any atom is 0.412 e. The van der Waals surface area contributed by atoms with Crippen LogP contribution in [-0.2, 0) is 9.47 Å². The fraction of sp³-hybridized carbons (Fsp3) is 0.619. The van der Waals surface area contributed by atoms with Crippen molar-refractivity contribution in [1.82, 2.24) is 4.90 Å². The molecule has 0 atom stereocenters. The smallest absolute Gasteiger partial charge is 0.412 e. The number of ether oxygens (including phenoxy) is 2. The molecular formula is C21H32ClN3O4. The molecule has 0 spiro atoms. The first kappa shape index (κ1) is 23.1. The Kier molecular flexibility index (Phi) is 6.93. The average molecular weight is 426 g/mol. The van der Waals surface area contributed by atoms with Crippen LogP contribution in [0, 0.1) is 6.92 Å². The molecular weight excluding hydrogens is 394 g/mol. The number of carbonyl (C=O) groups excluding carboxylic acids is 2. The standard InChI is InChI=1S/C21H32ClN3O4/c1-14-12-15(22)16(23-18(26)28-20(2,3)4)13-17(14)24-8-10-25(11-9-24)19(27)29-21(5,6)7/h12-13H,8-11H2,1-7H3,(H,23,26). The van der Waals surface area contributed by atoms with Gasteiger partial charge < -0.3 is 19.3 Å². The molecule has 0 aliphatic carbocycles. The van der Waals surface area contributed by atoms with Crippen molar-refractivity contribution in [2.45, 2.75) is 59.7 Å². The number of carbonyl (C=O) groups is 2. The van der Waals surface area contributed by atoms with Crippen molar-refractivity contribution in [3.8, 4) is 0 Å². The third kappa shape index (κ3) is 6.99. The molecule has 1 N–H and O–H groups in total. The zero-order chi connectivity index (χ0) is 22.0. The van der Waals surface area contributed by atoms with Crippen LogP contribution in [0.1, 0.15) is 47.1 Å². The summed E-state index contributed by atoms with van der Waals surface area (Å²) in [5.74, 6) is 0. The van der Waals surface area contributed by atoms with Gasteiger partial charge in [-0.1, -0.05) is 11.6 Å². The van der Waals surface area contributed by atoms with E-state index in [4.69, 9.17) is 21.1 Å². The maximum atomic E-state index is 12.3. The molecule has 1 saturated heterocycles. The Bertz CT molecular complexity index is 760. The van der Waals surface area contributed by atoms with Crippen LogP contribution >= 0.6 is 11.6 Å². The van der Waals surface area contributed by atoms with E-state index < -0.39 is 17.3 Å². The number of benzene rings is 1. The highest BCUT2D eigenvalue weighted by molar-refractivity contribution is 6.33. The summed E-state index contributed by atoms with van der Waals surface area (Å²) < 4.78 is 10.8. The van der Waals surface area contributed by atoms with Crippen molar-refractivity contribution in [3.63, 3.8) is 0 Å². The summed E-state index contributed by atoms with van der Waals surface area (Å²) >= 11 is 6.32. The number of anilines is 2. The first-order chi connectivity index (χ1) is 13.2. The summed E-state index contributed by atoms with van der Waals surface area (Å²) in [4.78, 5) is 28.3. The van der Waals surface area contributed by atoms with Crippen LogP contribution in [0.2, 0.25) is 5.02 Å². The van der Waals surface area contributed by atoms with Crippen LogP contribution in [0.5, 0.6) is 0 Å². The topological polar surface area (TPSA) is 71.1 Å². The largest absolute Gasteiger partial charge is 0.444 e. The lowest BCUT2D eigenvalue weighted by Gasteiger charge is -2.37. The number of aryl methyl sites for hydroxylation is 1. The van der Waals surface area contributed by atoms with Crippen molar-refractivity contribution in [2.75, 3.05) is 36.4 Å². The number of hydrogen-bond donors (Lipinski definition) is 1. The first-order valence-corrected chi connectivity index (χ1v) is 10.2. The molecule has 162 valence electrons. The van der Waals surface area contributed by atoms with Gasteiger partial charge in [-0.15, -0.1) is 0 Å². The molecule has 0 saturated carbocycles. The second-order valence-electron chi connectivity index (χ2n) is 9.20. The molecule has 8 heteroatoms. The van der Waals surface area contributed by atoms with E-state index in [0.717, 1.165) is 11.3 Å². The zero-order valence-corrected chi connectivity index (χ0v) is 19.1. The molecule has 1 aliphatic rings. The molecule has 1 aromatic carbocycles. The zero-order valence-electron chi connectivity index (χ0n) is 18.4. The highest BCUT2D eigenvalue weighted by Gasteiger charge is 2.27. The molecule has 2 amide bonds. The lowest BCUT2D eigenvalue weighted by atomic mass is 10.1. The molecule has 0 bridgehead atoms. The molecule has 0 radical (unpaired) electrons. The predicted octanol–water partition coefficient (Wildman–Crippen LogP) is 5.05. The second-order valence-corrected chi connectivity index (χ2v) is 9.61. The molecule has 1 aromatic rings. The van der Waals surface area contributed by atoms with Crippen LogP contribution in [-0.4, -0.2) is 54.5 Å². The average Bonchev–Trinajstić information content (AvgIpc) is 2.54. The summed E-state index contributed by atoms with van der Waals surface area (Å²) in [7, 11) is 0. The van der Waals surface area contributed by atoms with E-state index in [1.807, 2.05) is 39.8 Å². The number of hydrogen-bond acceptors (Lipinski definition) is 5. The minimum atomic E-state index is -0.595. The van der Waals surface area contributed by atoms with Gasteiger partial charge in [0.2, 0.25) is 0 Å². The monoisotopic (exact) mass is 425 g/mol. The van der Waals surface area contributed by atoms with E-state index in [9.17, 15) is 9.59 Å². The van der Waals surface area contributed by atoms with Gasteiger partial charge in [-0.25, -0.2) is 9.59 Å². The third-order valence-electron chi connectivity index (χ3n) is 4.19. The fourth-order valence-electron chi connectivity index (χ4n) is 2.97. The molecule has 1 fully saturated rings. The van der Waals surface area contributed by atoms with Gasteiger partial charge in [-0.05, 0) is 66.2 Å². The van der Waals surface area contributed by atoms with E-state index in [-0.39, 0.29) is 6.09 Å². The first-order valence-electron chi connectivity index (χ1n) is 9.78. The van der Waals surface area contributed by atoms with Gasteiger partial charge in [0.15, 0.2) is 0 Å². The van der Waals surface area contributed by atoms with Gasteiger partial charge >= 0.3 is 12.2 Å². The van der Waals surface area contributed by atoms with Crippen LogP contribution in [0.3, 0.4) is 0 Å². The summed E-state index contributed by atoms with van der Waals surface area (Å²) in [5.41, 5.74) is 1.35. The summed E-state index contributed by atoms with van der Waals surface area (Å²) in [6.45, 7) is 15.4. The van der Waals surface area contributed by atoms with Crippen molar-refractivity contribution >= 4 is 35.2 Å². The van der Waals surface area contributed by atoms with Gasteiger partial charge in [0, 0.05) is 31.9 Å². The van der Waals surface area contributed by atoms with Gasteiger partial charge in [0.25, 0.3) is 0 Å². The Labute approximate surface area is 178 Å². The Morgan fingerprint density at radius 3 is 2.03 bits per heavy atom. The normalized spacial score (nSPS) is 15.2. The highest BCUT2D eigenvalue weighted by Crippen LogP contribution is 2.32. The Morgan fingerprint density at radius 1 is 0.966 bits per heavy atom. The summed E-state index contributed by atoms with van der Waals surface area (Å²) in [6.07, 6.45) is -0.846. The minimum absolute atomic E-state index is 0.294. The number of piperazine rings is 1. The number of nitrogens with zero attached hydrogens (tertiary/aromatic N) is 2. The van der Waals surface area contributed by atoms with E-state index in [1.54, 1.807) is 25.7 Å². The van der Waals surface area contributed by atoms with Gasteiger partial charge in [-0.3, -0.25) is 5.32 Å². The van der Waals surface area contributed by atoms with E-state index in [2.05, 4.69) is 10.2 Å². The highest BCUT2D eigenvalue weighted by atomic mass is 35.5. The second kappa shape index (κ2) is 8.69. The number of nitrogens with one attached hydrogen (secondary N) is 1. The van der Waals surface area contributed by atoms with Crippen molar-refractivity contribution in [1.29, 1.82) is 0 Å². The van der Waals surface area contributed by atoms with E-state index >= 15 is 0 Å². The molecule has 1 heterocycles. The Balaban J connectivity index is 2.08. The number of rotatable bonds is 2. The molecule has 0 aromatic heterocycles. The lowest BCUT2D eigenvalue weighted by molar-refractivity contribution is 0.0240. The minimum Gasteiger partial charge on any atom is -0.444 e. The SMILES string of the molecule is Cc1cc(Cl)c(NC(=O)OC(C)(C)C)cc1N1CCN(C(=O)OC(C)(C)C)CC1. The van der Waals surface area contributed by atoms with Gasteiger partial charge in [0.1, 0.15) is 11.2 Å². The fourth-order valence-corrected chi connectivity index (χ4v) is 3.23. The molecule has 29 heavy (non-hydrogen) atoms. The summed E-state index contributed by atoms with van der Waals surface area (Å²) in [5, 5.41) is 3.17.